The van der Waals surface area contributed by atoms with Crippen molar-refractivity contribution in [3.63, 3.8) is 0 Å². The highest BCUT2D eigenvalue weighted by Gasteiger charge is 2.86. The van der Waals surface area contributed by atoms with Crippen LogP contribution in [0.1, 0.15) is 0 Å². The molecule has 13 heteroatoms. The lowest BCUT2D eigenvalue weighted by atomic mass is 10.3. The normalized spacial score (nSPS) is 18.4. The van der Waals surface area contributed by atoms with E-state index >= 15 is 0 Å². The molecule has 0 bridgehead atoms. The summed E-state index contributed by atoms with van der Waals surface area (Å²) in [5.74, 6) is 0. The lowest BCUT2D eigenvalue weighted by molar-refractivity contribution is -0.306. The minimum absolute atomic E-state index is 0.178. The topological polar surface area (TPSA) is 26.0 Å². The second-order valence-corrected chi connectivity index (χ2v) is 8.04. The molecule has 0 radical (unpaired) electrons. The van der Waals surface area contributed by atoms with E-state index in [-0.39, 0.29) is 6.07 Å². The molecule has 1 atom stereocenters. The van der Waals surface area contributed by atoms with E-state index in [0.717, 1.165) is 6.07 Å². The maximum Gasteiger partial charge on any atom is 0.445 e. The minimum Gasteiger partial charge on any atom is -0.398 e. The Morgan fingerprint density at radius 2 is 1.17 bits per heavy atom. The van der Waals surface area contributed by atoms with E-state index < -0.39 is 42.7 Å². The van der Waals surface area contributed by atoms with Gasteiger partial charge in [-0.2, -0.15) is 39.5 Å². The molecule has 0 spiro atoms. The first-order chi connectivity index (χ1) is 10.0. The molecule has 1 aromatic carbocycles. The number of nitrogens with two attached hydrogens (primary N) is 1. The Hall–Kier alpha value is -1.04. The first kappa shape index (κ1) is 20.0. The van der Waals surface area contributed by atoms with Crippen LogP contribution in [-0.2, 0) is 0 Å². The molecule has 0 saturated carbocycles. The van der Waals surface area contributed by atoms with Crippen LogP contribution in [0.2, 0.25) is 0 Å². The lowest BCUT2D eigenvalue weighted by Crippen LogP contribution is -2.57. The molecule has 0 aromatic heterocycles. The average molecular weight is 398 g/mol. The Morgan fingerprint density at radius 1 is 0.783 bits per heavy atom. The van der Waals surface area contributed by atoms with Crippen molar-refractivity contribution in [3.05, 3.63) is 24.3 Å². The van der Waals surface area contributed by atoms with Crippen molar-refractivity contribution in [2.24, 2.45) is 0 Å². The largest absolute Gasteiger partial charge is 0.445 e. The Bertz CT molecular complexity index is 566. The van der Waals surface area contributed by atoms with Crippen molar-refractivity contribution in [2.75, 3.05) is 5.73 Å². The molecule has 23 heavy (non-hydrogen) atoms. The van der Waals surface area contributed by atoms with Crippen molar-refractivity contribution in [2.45, 2.75) is 27.8 Å². The van der Waals surface area contributed by atoms with Crippen molar-refractivity contribution in [1.29, 1.82) is 0 Å². The van der Waals surface area contributed by atoms with Crippen molar-refractivity contribution >= 4 is 25.6 Å². The zero-order valence-electron chi connectivity index (χ0n) is 10.5. The zero-order valence-corrected chi connectivity index (χ0v) is 12.0. The van der Waals surface area contributed by atoms with Gasteiger partial charge in [-0.25, -0.2) is 4.39 Å². The highest BCUT2D eigenvalue weighted by Crippen LogP contribution is 2.84. The molecule has 0 amide bonds. The van der Waals surface area contributed by atoms with Crippen LogP contribution in [0, 0.1) is 0 Å². The Balaban J connectivity index is 3.96. The number of nitrogen functional groups attached to an aromatic ring is 1. The van der Waals surface area contributed by atoms with Gasteiger partial charge in [-0.05, 0) is 22.8 Å². The fourth-order valence-electron chi connectivity index (χ4n) is 1.65. The highest BCUT2D eigenvalue weighted by molar-refractivity contribution is 8.52. The van der Waals surface area contributed by atoms with Crippen LogP contribution in [0.15, 0.2) is 29.2 Å². The first-order valence-corrected chi connectivity index (χ1v) is 7.73. The van der Waals surface area contributed by atoms with E-state index in [1.807, 2.05) is 0 Å². The molecule has 1 rings (SSSR count). The summed E-state index contributed by atoms with van der Waals surface area (Å²) in [5.41, 5.74) is -2.53. The maximum atomic E-state index is 14.1. The van der Waals surface area contributed by atoms with E-state index in [9.17, 15) is 43.9 Å². The molecule has 0 aliphatic carbocycles. The molecule has 0 heterocycles. The Morgan fingerprint density at radius 3 is 1.48 bits per heavy atom. The second-order valence-electron chi connectivity index (χ2n) is 4.11. The maximum absolute atomic E-state index is 14.1. The quantitative estimate of drug-likeness (QED) is 0.488. The number of anilines is 1. The second kappa shape index (κ2) is 5.50. The van der Waals surface area contributed by atoms with Gasteiger partial charge in [0.2, 0.25) is 0 Å². The summed E-state index contributed by atoms with van der Waals surface area (Å²) in [6, 6.07) is 2.36. The number of hydrogen-bond acceptors (Lipinski definition) is 1. The molecular formula is C10H6ClF10NS. The molecule has 0 aliphatic rings. The van der Waals surface area contributed by atoms with Gasteiger partial charge >= 0.3 is 22.9 Å². The Kier molecular flexibility index (Phi) is 4.79. The third-order valence-electron chi connectivity index (χ3n) is 2.66. The van der Waals surface area contributed by atoms with Gasteiger partial charge in [0, 0.05) is 19.8 Å². The number of rotatable bonds is 2. The molecule has 1 nitrogen and oxygen atoms in total. The Labute approximate surface area is 128 Å². The van der Waals surface area contributed by atoms with E-state index in [2.05, 4.69) is 0 Å². The van der Waals surface area contributed by atoms with Gasteiger partial charge in [0.25, 0.3) is 0 Å². The molecule has 0 saturated heterocycles. The molecule has 0 aliphatic heterocycles. The van der Waals surface area contributed by atoms with Crippen LogP contribution in [0.3, 0.4) is 0 Å². The van der Waals surface area contributed by atoms with Gasteiger partial charge in [0.1, 0.15) is 0 Å². The number of hydrogen-bond donors (Lipinski definition) is 1. The van der Waals surface area contributed by atoms with Gasteiger partial charge in [0.15, 0.2) is 0 Å². The third kappa shape index (κ3) is 2.79. The molecule has 134 valence electrons. The number of alkyl halides is 10. The van der Waals surface area contributed by atoms with E-state index in [0.29, 0.717) is 12.1 Å². The van der Waals surface area contributed by atoms with Gasteiger partial charge in [-0.1, -0.05) is 12.1 Å². The summed E-state index contributed by atoms with van der Waals surface area (Å²) in [7, 11) is -1.90. The standard InChI is InChI=1S/C10H6ClF10NS/c11-23(10(19,20)21,6-4-2-1-3-5(6)22)7(12,8(13,14)15)9(16,17)18/h1-4H,22H2. The van der Waals surface area contributed by atoms with E-state index in [1.54, 1.807) is 0 Å². The van der Waals surface area contributed by atoms with Crippen molar-refractivity contribution < 1.29 is 43.9 Å². The van der Waals surface area contributed by atoms with Gasteiger partial charge in [-0.15, -0.1) is 0 Å². The third-order valence-corrected chi connectivity index (χ3v) is 7.17. The monoisotopic (exact) mass is 397 g/mol. The van der Waals surface area contributed by atoms with Crippen LogP contribution in [-0.4, -0.2) is 22.9 Å². The molecule has 1 unspecified atom stereocenters. The fourth-order valence-corrected chi connectivity index (χ4v) is 4.77. The average Bonchev–Trinajstić information content (AvgIpc) is 2.33. The van der Waals surface area contributed by atoms with Crippen molar-refractivity contribution in [3.8, 4) is 0 Å². The summed E-state index contributed by atoms with van der Waals surface area (Å²) in [4.78, 5) is -1.81. The first-order valence-electron chi connectivity index (χ1n) is 5.27. The molecule has 1 aromatic rings. The minimum atomic E-state index is -6.99. The lowest BCUT2D eigenvalue weighted by Gasteiger charge is -2.47. The molecular weight excluding hydrogens is 392 g/mol. The van der Waals surface area contributed by atoms with Gasteiger partial charge in [0.05, 0.1) is 0 Å². The summed E-state index contributed by atoms with van der Waals surface area (Å²) >= 11 is 0. The number of benzene rings is 1. The summed E-state index contributed by atoms with van der Waals surface area (Å²) < 4.78 is 130. The predicted molar refractivity (Wildman–Crippen MR) is 64.6 cm³/mol. The van der Waals surface area contributed by atoms with Crippen LogP contribution in [0.25, 0.3) is 0 Å². The van der Waals surface area contributed by atoms with Crippen LogP contribution < -0.4 is 5.73 Å². The van der Waals surface area contributed by atoms with E-state index in [1.165, 1.54) is 0 Å². The van der Waals surface area contributed by atoms with Gasteiger partial charge < -0.3 is 5.73 Å². The molecule has 0 fully saturated rings. The summed E-state index contributed by atoms with van der Waals surface area (Å²) in [6.07, 6.45) is -14.0. The zero-order chi connectivity index (χ0) is 18.5. The fraction of sp³-hybridized carbons (Fsp3) is 0.400. The summed E-state index contributed by atoms with van der Waals surface area (Å²) in [6.45, 7) is 0. The van der Waals surface area contributed by atoms with Crippen LogP contribution in [0.5, 0.6) is 0 Å². The summed E-state index contributed by atoms with van der Waals surface area (Å²) in [5, 5.41) is -6.75. The highest BCUT2D eigenvalue weighted by atomic mass is 35.7. The smallest absolute Gasteiger partial charge is 0.398 e. The number of para-hydroxylation sites is 1. The SMILES string of the molecule is Nc1ccccc1S(Cl)(C(F)(F)F)C(F)(C(F)(F)F)C(F)(F)F. The van der Waals surface area contributed by atoms with Gasteiger partial charge in [-0.3, -0.25) is 0 Å². The van der Waals surface area contributed by atoms with Crippen LogP contribution in [0.4, 0.5) is 49.6 Å². The van der Waals surface area contributed by atoms with Crippen molar-refractivity contribution in [1.82, 2.24) is 0 Å². The predicted octanol–water partition coefficient (Wildman–Crippen LogP) is 5.90. The van der Waals surface area contributed by atoms with Crippen LogP contribution >= 0.6 is 19.9 Å². The number of halogens is 11. The van der Waals surface area contributed by atoms with E-state index in [4.69, 9.17) is 16.4 Å². The molecule has 2 N–H and O–H groups in total.